The maximum atomic E-state index is 12.4. The minimum absolute atomic E-state index is 0.0727. The van der Waals surface area contributed by atoms with E-state index < -0.39 is 0 Å². The number of nitrogens with zero attached hydrogens (tertiary/aromatic N) is 4. The number of rotatable bonds is 7. The van der Waals surface area contributed by atoms with Crippen molar-refractivity contribution in [3.8, 4) is 0 Å². The number of carbonyl (C=O) groups is 1. The first-order valence-corrected chi connectivity index (χ1v) is 9.96. The number of carbonyl (C=O) groups excluding carboxylic acids is 1. The molecule has 0 saturated heterocycles. The number of hydrogen-bond acceptors (Lipinski definition) is 5. The van der Waals surface area contributed by atoms with E-state index in [1.54, 1.807) is 11.8 Å². The van der Waals surface area contributed by atoms with Crippen LogP contribution in [0, 0.1) is 6.92 Å². The number of hydrogen-bond donors (Lipinski definition) is 2. The minimum Gasteiger partial charge on any atom is -0.350 e. The first-order valence-electron chi connectivity index (χ1n) is 8.98. The molecule has 0 bridgehead atoms. The molecule has 0 fully saturated rings. The van der Waals surface area contributed by atoms with Crippen LogP contribution in [0.4, 0.5) is 0 Å². The van der Waals surface area contributed by atoms with E-state index in [2.05, 4.69) is 30.0 Å². The smallest absolute Gasteiger partial charge is 0.251 e. The van der Waals surface area contributed by atoms with Crippen LogP contribution in [0.15, 0.2) is 60.0 Å². The van der Waals surface area contributed by atoms with Gasteiger partial charge in [0.1, 0.15) is 12.2 Å². The van der Waals surface area contributed by atoms with E-state index in [4.69, 9.17) is 0 Å². The highest BCUT2D eigenvalue weighted by molar-refractivity contribution is 7.98. The van der Waals surface area contributed by atoms with Crippen LogP contribution in [-0.4, -0.2) is 37.2 Å². The number of aromatic nitrogens is 5. The minimum atomic E-state index is -0.0727. The maximum Gasteiger partial charge on any atom is 0.251 e. The number of amides is 1. The molecule has 0 saturated carbocycles. The summed E-state index contributed by atoms with van der Waals surface area (Å²) in [5.41, 5.74) is 3.84. The molecule has 4 aromatic rings. The zero-order chi connectivity index (χ0) is 19.3. The summed E-state index contributed by atoms with van der Waals surface area (Å²) >= 11 is 1.57. The fourth-order valence-electron chi connectivity index (χ4n) is 3.03. The van der Waals surface area contributed by atoms with Crippen molar-refractivity contribution in [1.82, 2.24) is 30.0 Å². The molecule has 1 amide bonds. The molecule has 0 atom stereocenters. The van der Waals surface area contributed by atoms with Gasteiger partial charge in [-0.05, 0) is 36.8 Å². The molecule has 0 aliphatic rings. The molecule has 2 heterocycles. The van der Waals surface area contributed by atoms with Gasteiger partial charge in [-0.25, -0.2) is 9.97 Å². The lowest BCUT2D eigenvalue weighted by Gasteiger charge is -2.09. The van der Waals surface area contributed by atoms with Gasteiger partial charge in [0, 0.05) is 24.4 Å². The van der Waals surface area contributed by atoms with E-state index >= 15 is 0 Å². The molecule has 0 unspecified atom stereocenters. The summed E-state index contributed by atoms with van der Waals surface area (Å²) in [6.45, 7) is 3.21. The van der Waals surface area contributed by atoms with Crippen molar-refractivity contribution in [3.05, 3.63) is 71.8 Å². The molecular weight excluding hydrogens is 372 g/mol. The Morgan fingerprint density at radius 2 is 2.00 bits per heavy atom. The van der Waals surface area contributed by atoms with Crippen LogP contribution < -0.4 is 5.32 Å². The van der Waals surface area contributed by atoms with Gasteiger partial charge in [-0.2, -0.15) is 5.10 Å². The molecule has 2 N–H and O–H groups in total. The molecule has 0 radical (unpaired) electrons. The standard InChI is InChI=1S/C20H20N6OS/c1-14-24-17-4-2-3-5-18(17)26(14)11-10-21-19(27)16-8-6-15(7-9-16)12-28-20-22-13-23-25-20/h2-9,13H,10-12H2,1H3,(H,21,27)(H,22,23,25). The molecule has 0 spiro atoms. The van der Waals surface area contributed by atoms with Crippen molar-refractivity contribution in [3.63, 3.8) is 0 Å². The Balaban J connectivity index is 1.31. The number of fused-ring (bicyclic) bond motifs is 1. The third-order valence-electron chi connectivity index (χ3n) is 4.45. The third-order valence-corrected chi connectivity index (χ3v) is 5.40. The molecule has 8 heteroatoms. The van der Waals surface area contributed by atoms with E-state index in [0.29, 0.717) is 18.7 Å². The maximum absolute atomic E-state index is 12.4. The highest BCUT2D eigenvalue weighted by atomic mass is 32.2. The van der Waals surface area contributed by atoms with Crippen molar-refractivity contribution < 1.29 is 4.79 Å². The quantitative estimate of drug-likeness (QED) is 0.472. The first kappa shape index (κ1) is 18.2. The number of H-pyrrole nitrogens is 1. The van der Waals surface area contributed by atoms with Crippen molar-refractivity contribution in [2.75, 3.05) is 6.54 Å². The predicted molar refractivity (Wildman–Crippen MR) is 109 cm³/mol. The summed E-state index contributed by atoms with van der Waals surface area (Å²) in [6, 6.07) is 15.7. The molecular formula is C20H20N6OS. The summed E-state index contributed by atoms with van der Waals surface area (Å²) in [7, 11) is 0. The molecule has 28 heavy (non-hydrogen) atoms. The summed E-state index contributed by atoms with van der Waals surface area (Å²) in [6.07, 6.45) is 1.49. The molecule has 0 aliphatic carbocycles. The van der Waals surface area contributed by atoms with Crippen LogP contribution in [0.3, 0.4) is 0 Å². The van der Waals surface area contributed by atoms with Gasteiger partial charge in [-0.15, -0.1) is 0 Å². The van der Waals surface area contributed by atoms with Crippen molar-refractivity contribution in [2.24, 2.45) is 0 Å². The average Bonchev–Trinajstić information content (AvgIpc) is 3.34. The lowest BCUT2D eigenvalue weighted by Crippen LogP contribution is -2.27. The molecule has 0 aliphatic heterocycles. The number of para-hydroxylation sites is 2. The lowest BCUT2D eigenvalue weighted by molar-refractivity contribution is 0.0952. The SMILES string of the molecule is Cc1nc2ccccc2n1CCNC(=O)c1ccc(CSc2ncn[nH]2)cc1. The van der Waals surface area contributed by atoms with Crippen LogP contribution >= 0.6 is 11.8 Å². The Labute approximate surface area is 166 Å². The topological polar surface area (TPSA) is 88.5 Å². The molecule has 4 rings (SSSR count). The summed E-state index contributed by atoms with van der Waals surface area (Å²) in [5.74, 6) is 1.64. The number of imidazole rings is 1. The number of nitrogens with one attached hydrogen (secondary N) is 2. The molecule has 2 aromatic heterocycles. The zero-order valence-electron chi connectivity index (χ0n) is 15.4. The number of aromatic amines is 1. The summed E-state index contributed by atoms with van der Waals surface area (Å²) in [4.78, 5) is 21.0. The Hall–Kier alpha value is -3.13. The number of aryl methyl sites for hydroxylation is 1. The van der Waals surface area contributed by atoms with Gasteiger partial charge >= 0.3 is 0 Å². The largest absolute Gasteiger partial charge is 0.350 e. The van der Waals surface area contributed by atoms with Gasteiger partial charge in [0.2, 0.25) is 0 Å². The van der Waals surface area contributed by atoms with E-state index in [-0.39, 0.29) is 5.91 Å². The Bertz CT molecular complexity index is 1070. The summed E-state index contributed by atoms with van der Waals surface area (Å²) < 4.78 is 2.12. The molecule has 7 nitrogen and oxygen atoms in total. The third kappa shape index (κ3) is 4.07. The molecule has 2 aromatic carbocycles. The van der Waals surface area contributed by atoms with E-state index in [9.17, 15) is 4.79 Å². The van der Waals surface area contributed by atoms with E-state index in [1.807, 2.05) is 55.5 Å². The van der Waals surface area contributed by atoms with E-state index in [0.717, 1.165) is 33.3 Å². The van der Waals surface area contributed by atoms with Gasteiger partial charge in [0.15, 0.2) is 5.16 Å². The van der Waals surface area contributed by atoms with Gasteiger partial charge < -0.3 is 9.88 Å². The second-order valence-electron chi connectivity index (χ2n) is 6.33. The van der Waals surface area contributed by atoms with Gasteiger partial charge in [0.05, 0.1) is 11.0 Å². The van der Waals surface area contributed by atoms with Crippen LogP contribution in [0.2, 0.25) is 0 Å². The molecule has 142 valence electrons. The monoisotopic (exact) mass is 392 g/mol. The Morgan fingerprint density at radius 3 is 2.79 bits per heavy atom. The number of benzene rings is 2. The Morgan fingerprint density at radius 1 is 1.18 bits per heavy atom. The normalized spacial score (nSPS) is 11.0. The fraction of sp³-hybridized carbons (Fsp3) is 0.200. The van der Waals surface area contributed by atoms with Gasteiger partial charge in [0.25, 0.3) is 5.91 Å². The highest BCUT2D eigenvalue weighted by Gasteiger charge is 2.09. The predicted octanol–water partition coefficient (Wildman–Crippen LogP) is 3.19. The fourth-order valence-corrected chi connectivity index (χ4v) is 3.76. The van der Waals surface area contributed by atoms with Crippen LogP contribution in [0.25, 0.3) is 11.0 Å². The van der Waals surface area contributed by atoms with Crippen molar-refractivity contribution >= 4 is 28.7 Å². The average molecular weight is 392 g/mol. The summed E-state index contributed by atoms with van der Waals surface area (Å²) in [5, 5.41) is 10.4. The highest BCUT2D eigenvalue weighted by Crippen LogP contribution is 2.18. The van der Waals surface area contributed by atoms with Crippen molar-refractivity contribution in [2.45, 2.75) is 24.4 Å². The zero-order valence-corrected chi connectivity index (χ0v) is 16.2. The second kappa shape index (κ2) is 8.26. The number of thioether (sulfide) groups is 1. The van der Waals surface area contributed by atoms with Crippen LogP contribution in [0.5, 0.6) is 0 Å². The second-order valence-corrected chi connectivity index (χ2v) is 7.30. The van der Waals surface area contributed by atoms with Gasteiger partial charge in [-0.1, -0.05) is 36.0 Å². The lowest BCUT2D eigenvalue weighted by atomic mass is 10.1. The van der Waals surface area contributed by atoms with Crippen molar-refractivity contribution in [1.29, 1.82) is 0 Å². The van der Waals surface area contributed by atoms with Gasteiger partial charge in [-0.3, -0.25) is 9.89 Å². The van der Waals surface area contributed by atoms with E-state index in [1.165, 1.54) is 6.33 Å². The Kier molecular flexibility index (Phi) is 5.38. The first-order chi connectivity index (χ1) is 13.7. The van der Waals surface area contributed by atoms with Crippen LogP contribution in [-0.2, 0) is 12.3 Å². The van der Waals surface area contributed by atoms with Crippen LogP contribution in [0.1, 0.15) is 21.7 Å².